The van der Waals surface area contributed by atoms with Crippen molar-refractivity contribution in [2.75, 3.05) is 12.4 Å². The molecule has 2 rings (SSSR count). The second kappa shape index (κ2) is 9.88. The summed E-state index contributed by atoms with van der Waals surface area (Å²) in [7, 11) is 1.55. The predicted molar refractivity (Wildman–Crippen MR) is 110 cm³/mol. The minimum atomic E-state index is -0.759. The molecule has 0 aliphatic carbocycles. The molecule has 0 aliphatic heterocycles. The number of nitro groups is 1. The molecule has 2 aromatic carbocycles. The zero-order valence-corrected chi connectivity index (χ0v) is 17.0. The van der Waals surface area contributed by atoms with Crippen LogP contribution in [0.4, 0.5) is 11.4 Å². The second-order valence-electron chi connectivity index (χ2n) is 6.53. The molecule has 0 saturated carbocycles. The number of benzene rings is 2. The molecular weight excluding hydrogens is 398 g/mol. The quantitative estimate of drug-likeness (QED) is 0.378. The van der Waals surface area contributed by atoms with Gasteiger partial charge in [0, 0.05) is 23.7 Å². The molecule has 29 heavy (non-hydrogen) atoms. The number of hydrogen-bond acceptors (Lipinski definition) is 6. The van der Waals surface area contributed by atoms with Gasteiger partial charge < -0.3 is 15.4 Å². The lowest BCUT2D eigenvalue weighted by Gasteiger charge is -2.20. The first-order valence-corrected chi connectivity index (χ1v) is 9.31. The number of ether oxygens (including phenoxy) is 1. The van der Waals surface area contributed by atoms with E-state index in [1.165, 1.54) is 18.2 Å². The Balaban J connectivity index is 2.32. The van der Waals surface area contributed by atoms with Gasteiger partial charge in [0.25, 0.3) is 11.6 Å². The molecular formula is C20H22ClN3O5. The highest BCUT2D eigenvalue weighted by atomic mass is 35.5. The molecule has 154 valence electrons. The maximum atomic E-state index is 12.8. The standard InChI is InChI=1S/C20H22ClN3O5/c1-12(2)29-19(25)11-17(14-6-4-5-7-15(14)21)23-20(26)13-8-9-16(22-3)18(10-13)24(27)28/h4-10,12,17,22H,11H2,1-3H3,(H,23,26). The Morgan fingerprint density at radius 3 is 2.48 bits per heavy atom. The summed E-state index contributed by atoms with van der Waals surface area (Å²) < 4.78 is 5.18. The number of anilines is 1. The van der Waals surface area contributed by atoms with E-state index in [1.807, 2.05) is 0 Å². The molecule has 0 spiro atoms. The average molecular weight is 420 g/mol. The molecule has 2 N–H and O–H groups in total. The largest absolute Gasteiger partial charge is 0.463 e. The van der Waals surface area contributed by atoms with Crippen LogP contribution in [0.15, 0.2) is 42.5 Å². The molecule has 0 aromatic heterocycles. The first-order valence-electron chi connectivity index (χ1n) is 8.94. The van der Waals surface area contributed by atoms with E-state index in [-0.39, 0.29) is 29.5 Å². The highest BCUT2D eigenvalue weighted by Gasteiger charge is 2.24. The van der Waals surface area contributed by atoms with Gasteiger partial charge in [-0.15, -0.1) is 0 Å². The number of halogens is 1. The van der Waals surface area contributed by atoms with Crippen LogP contribution in [0, 0.1) is 10.1 Å². The Morgan fingerprint density at radius 1 is 1.21 bits per heavy atom. The molecule has 2 aromatic rings. The number of nitrogens with zero attached hydrogens (tertiary/aromatic N) is 1. The van der Waals surface area contributed by atoms with E-state index in [4.69, 9.17) is 16.3 Å². The third-order valence-corrected chi connectivity index (χ3v) is 4.39. The van der Waals surface area contributed by atoms with Crippen molar-refractivity contribution in [3.8, 4) is 0 Å². The van der Waals surface area contributed by atoms with Crippen molar-refractivity contribution in [1.29, 1.82) is 0 Å². The van der Waals surface area contributed by atoms with Crippen molar-refractivity contribution in [1.82, 2.24) is 5.32 Å². The molecule has 9 heteroatoms. The Hall–Kier alpha value is -3.13. The fraction of sp³-hybridized carbons (Fsp3) is 0.300. The van der Waals surface area contributed by atoms with Crippen LogP contribution in [0.5, 0.6) is 0 Å². The van der Waals surface area contributed by atoms with Gasteiger partial charge in [-0.05, 0) is 37.6 Å². The summed E-state index contributed by atoms with van der Waals surface area (Å²) in [6.45, 7) is 3.45. The summed E-state index contributed by atoms with van der Waals surface area (Å²) in [6.07, 6.45) is -0.438. The van der Waals surface area contributed by atoms with Crippen molar-refractivity contribution in [2.24, 2.45) is 0 Å². The van der Waals surface area contributed by atoms with E-state index in [9.17, 15) is 19.7 Å². The Morgan fingerprint density at radius 2 is 1.90 bits per heavy atom. The average Bonchev–Trinajstić information content (AvgIpc) is 2.66. The molecule has 0 aliphatic rings. The summed E-state index contributed by atoms with van der Waals surface area (Å²) in [6, 6.07) is 10.1. The molecule has 0 radical (unpaired) electrons. The fourth-order valence-corrected chi connectivity index (χ4v) is 3.02. The molecule has 0 bridgehead atoms. The van der Waals surface area contributed by atoms with Crippen LogP contribution in [0.1, 0.15) is 42.2 Å². The molecule has 0 heterocycles. The first-order chi connectivity index (χ1) is 13.7. The monoisotopic (exact) mass is 419 g/mol. The number of carbonyl (C=O) groups excluding carboxylic acids is 2. The number of amides is 1. The second-order valence-corrected chi connectivity index (χ2v) is 6.94. The van der Waals surface area contributed by atoms with Crippen molar-refractivity contribution < 1.29 is 19.2 Å². The first kappa shape index (κ1) is 22.2. The van der Waals surface area contributed by atoms with Gasteiger partial charge in [0.1, 0.15) is 5.69 Å². The third kappa shape index (κ3) is 5.92. The minimum Gasteiger partial charge on any atom is -0.463 e. The lowest BCUT2D eigenvalue weighted by molar-refractivity contribution is -0.384. The van der Waals surface area contributed by atoms with Crippen LogP contribution in [-0.4, -0.2) is 30.0 Å². The van der Waals surface area contributed by atoms with E-state index < -0.39 is 22.8 Å². The van der Waals surface area contributed by atoms with E-state index in [0.717, 1.165) is 0 Å². The summed E-state index contributed by atoms with van der Waals surface area (Å²) in [5.74, 6) is -1.07. The topological polar surface area (TPSA) is 111 Å². The van der Waals surface area contributed by atoms with Crippen LogP contribution in [0.3, 0.4) is 0 Å². The van der Waals surface area contributed by atoms with Gasteiger partial charge in [0.15, 0.2) is 0 Å². The number of nitrogens with one attached hydrogen (secondary N) is 2. The number of nitro benzene ring substituents is 1. The fourth-order valence-electron chi connectivity index (χ4n) is 2.75. The molecule has 1 atom stereocenters. The summed E-state index contributed by atoms with van der Waals surface area (Å²) in [4.78, 5) is 35.6. The Labute approximate surface area is 173 Å². The summed E-state index contributed by atoms with van der Waals surface area (Å²) in [5, 5.41) is 17.1. The lowest BCUT2D eigenvalue weighted by Crippen LogP contribution is -2.31. The van der Waals surface area contributed by atoms with Gasteiger partial charge in [0.2, 0.25) is 0 Å². The lowest BCUT2D eigenvalue weighted by atomic mass is 10.0. The zero-order chi connectivity index (χ0) is 21.6. The van der Waals surface area contributed by atoms with Crippen molar-refractivity contribution in [3.05, 3.63) is 68.7 Å². The van der Waals surface area contributed by atoms with Crippen LogP contribution < -0.4 is 10.6 Å². The van der Waals surface area contributed by atoms with Gasteiger partial charge in [0.05, 0.1) is 23.5 Å². The van der Waals surface area contributed by atoms with E-state index in [1.54, 1.807) is 45.2 Å². The number of carbonyl (C=O) groups is 2. The third-order valence-electron chi connectivity index (χ3n) is 4.05. The van der Waals surface area contributed by atoms with Gasteiger partial charge in [-0.1, -0.05) is 29.8 Å². The zero-order valence-electron chi connectivity index (χ0n) is 16.3. The van der Waals surface area contributed by atoms with Crippen LogP contribution in [0.25, 0.3) is 0 Å². The predicted octanol–water partition coefficient (Wildman–Crippen LogP) is 4.10. The maximum Gasteiger partial charge on any atom is 0.308 e. The van der Waals surface area contributed by atoms with Crippen molar-refractivity contribution in [2.45, 2.75) is 32.4 Å². The SMILES string of the molecule is CNc1ccc(C(=O)NC(CC(=O)OC(C)C)c2ccccc2Cl)cc1[N+](=O)[O-]. The Bertz CT molecular complexity index is 917. The van der Waals surface area contributed by atoms with Gasteiger partial charge in [-0.25, -0.2) is 0 Å². The van der Waals surface area contributed by atoms with E-state index in [2.05, 4.69) is 10.6 Å². The molecule has 8 nitrogen and oxygen atoms in total. The van der Waals surface area contributed by atoms with Crippen molar-refractivity contribution >= 4 is 34.9 Å². The summed E-state index contributed by atoms with van der Waals surface area (Å²) >= 11 is 6.24. The molecule has 0 fully saturated rings. The normalized spacial score (nSPS) is 11.6. The molecule has 1 unspecified atom stereocenters. The van der Waals surface area contributed by atoms with Crippen LogP contribution in [0.2, 0.25) is 5.02 Å². The highest BCUT2D eigenvalue weighted by Crippen LogP contribution is 2.28. The van der Waals surface area contributed by atoms with E-state index in [0.29, 0.717) is 10.6 Å². The highest BCUT2D eigenvalue weighted by molar-refractivity contribution is 6.31. The number of esters is 1. The van der Waals surface area contributed by atoms with Gasteiger partial charge in [-0.2, -0.15) is 0 Å². The summed E-state index contributed by atoms with van der Waals surface area (Å²) in [5.41, 5.74) is 0.693. The van der Waals surface area contributed by atoms with E-state index >= 15 is 0 Å². The van der Waals surface area contributed by atoms with Gasteiger partial charge >= 0.3 is 5.97 Å². The molecule has 1 amide bonds. The van der Waals surface area contributed by atoms with Crippen LogP contribution >= 0.6 is 11.6 Å². The van der Waals surface area contributed by atoms with Crippen LogP contribution in [-0.2, 0) is 9.53 Å². The number of rotatable bonds is 8. The van der Waals surface area contributed by atoms with Crippen molar-refractivity contribution in [3.63, 3.8) is 0 Å². The molecule has 0 saturated heterocycles. The van der Waals surface area contributed by atoms with Gasteiger partial charge in [-0.3, -0.25) is 19.7 Å². The maximum absolute atomic E-state index is 12.8. The smallest absolute Gasteiger partial charge is 0.308 e. The number of hydrogen-bond donors (Lipinski definition) is 2. The Kier molecular flexibility index (Phi) is 7.55. The minimum absolute atomic E-state index is 0.0879.